The van der Waals surface area contributed by atoms with Gasteiger partial charge in [-0.25, -0.2) is 0 Å². The molecular formula is C15H26ClN3. The monoisotopic (exact) mass is 283 g/mol. The second-order valence-electron chi connectivity index (χ2n) is 5.81. The van der Waals surface area contributed by atoms with Crippen LogP contribution in [0.4, 0.5) is 0 Å². The van der Waals surface area contributed by atoms with Crippen molar-refractivity contribution in [3.05, 3.63) is 16.9 Å². The molecule has 1 aromatic heterocycles. The highest BCUT2D eigenvalue weighted by atomic mass is 35.5. The van der Waals surface area contributed by atoms with Gasteiger partial charge in [0, 0.05) is 6.54 Å². The summed E-state index contributed by atoms with van der Waals surface area (Å²) in [5.74, 6) is 1.53. The van der Waals surface area contributed by atoms with Crippen LogP contribution >= 0.6 is 11.6 Å². The van der Waals surface area contributed by atoms with Crippen molar-refractivity contribution in [3.8, 4) is 0 Å². The average Bonchev–Trinajstić information content (AvgIpc) is 2.95. The maximum absolute atomic E-state index is 6.40. The van der Waals surface area contributed by atoms with E-state index in [1.807, 2.05) is 0 Å². The molecule has 0 aromatic carbocycles. The minimum absolute atomic E-state index is 0.358. The number of halogens is 1. The molecule has 0 spiro atoms. The predicted molar refractivity (Wildman–Crippen MR) is 80.5 cm³/mol. The van der Waals surface area contributed by atoms with Gasteiger partial charge in [-0.15, -0.1) is 0 Å². The van der Waals surface area contributed by atoms with Crippen molar-refractivity contribution >= 4 is 11.6 Å². The zero-order valence-corrected chi connectivity index (χ0v) is 13.1. The maximum Gasteiger partial charge on any atom is 0.0834 e. The fourth-order valence-corrected chi connectivity index (χ4v) is 3.59. The van der Waals surface area contributed by atoms with Crippen LogP contribution in [0.1, 0.15) is 58.2 Å². The summed E-state index contributed by atoms with van der Waals surface area (Å²) in [4.78, 5) is 0. The molecule has 1 N–H and O–H groups in total. The lowest BCUT2D eigenvalue weighted by molar-refractivity contribution is 0.342. The van der Waals surface area contributed by atoms with E-state index < -0.39 is 0 Å². The first-order valence-electron chi connectivity index (χ1n) is 7.61. The van der Waals surface area contributed by atoms with Crippen molar-refractivity contribution in [2.75, 3.05) is 6.54 Å². The largest absolute Gasteiger partial charge is 0.309 e. The van der Waals surface area contributed by atoms with Crippen LogP contribution in [-0.4, -0.2) is 16.3 Å². The molecule has 19 heavy (non-hydrogen) atoms. The van der Waals surface area contributed by atoms with Gasteiger partial charge >= 0.3 is 0 Å². The topological polar surface area (TPSA) is 29.9 Å². The molecule has 1 aliphatic rings. The Morgan fingerprint density at radius 3 is 2.84 bits per heavy atom. The molecule has 2 rings (SSSR count). The van der Waals surface area contributed by atoms with Gasteiger partial charge in [0.25, 0.3) is 0 Å². The van der Waals surface area contributed by atoms with Crippen molar-refractivity contribution in [1.82, 2.24) is 15.1 Å². The Labute approximate surface area is 121 Å². The average molecular weight is 284 g/mol. The first-order valence-corrected chi connectivity index (χ1v) is 7.99. The van der Waals surface area contributed by atoms with E-state index in [-0.39, 0.29) is 0 Å². The van der Waals surface area contributed by atoms with Crippen LogP contribution in [0.3, 0.4) is 0 Å². The number of hydrogen-bond donors (Lipinski definition) is 1. The molecule has 1 aliphatic carbocycles. The molecule has 1 fully saturated rings. The fourth-order valence-electron chi connectivity index (χ4n) is 3.33. The van der Waals surface area contributed by atoms with Crippen LogP contribution < -0.4 is 5.32 Å². The number of aryl methyl sites for hydroxylation is 1. The van der Waals surface area contributed by atoms with E-state index in [0.717, 1.165) is 30.5 Å². The first-order chi connectivity index (χ1) is 9.17. The summed E-state index contributed by atoms with van der Waals surface area (Å²) < 4.78 is 2.10. The van der Waals surface area contributed by atoms with E-state index in [9.17, 15) is 0 Å². The molecule has 4 heteroatoms. The lowest BCUT2D eigenvalue weighted by atomic mass is 9.94. The van der Waals surface area contributed by atoms with Gasteiger partial charge < -0.3 is 5.32 Å². The summed E-state index contributed by atoms with van der Waals surface area (Å²) in [5, 5.41) is 8.90. The summed E-state index contributed by atoms with van der Waals surface area (Å²) in [6.07, 6.45) is 6.82. The van der Waals surface area contributed by atoms with Crippen LogP contribution in [0.25, 0.3) is 0 Å². The summed E-state index contributed by atoms with van der Waals surface area (Å²) in [5.41, 5.74) is 1.20. The number of nitrogens with one attached hydrogen (secondary N) is 1. The molecule has 0 aliphatic heterocycles. The Balaban J connectivity index is 2.25. The van der Waals surface area contributed by atoms with Gasteiger partial charge in [-0.3, -0.25) is 4.68 Å². The van der Waals surface area contributed by atoms with Gasteiger partial charge in [0.2, 0.25) is 0 Å². The van der Waals surface area contributed by atoms with Crippen LogP contribution in [0.5, 0.6) is 0 Å². The summed E-state index contributed by atoms with van der Waals surface area (Å²) in [6.45, 7) is 8.63. The Bertz CT molecular complexity index is 402. The fraction of sp³-hybridized carbons (Fsp3) is 0.800. The highest BCUT2D eigenvalue weighted by Gasteiger charge is 2.32. The molecule has 3 atom stereocenters. The van der Waals surface area contributed by atoms with Crippen molar-refractivity contribution in [2.45, 2.75) is 59.0 Å². The highest BCUT2D eigenvalue weighted by Crippen LogP contribution is 2.40. The minimum atomic E-state index is 0.358. The van der Waals surface area contributed by atoms with E-state index in [2.05, 4.69) is 35.9 Å². The van der Waals surface area contributed by atoms with E-state index in [1.54, 1.807) is 6.20 Å². The third-order valence-electron chi connectivity index (χ3n) is 4.19. The third kappa shape index (κ3) is 3.32. The van der Waals surface area contributed by atoms with Crippen LogP contribution in [-0.2, 0) is 6.54 Å². The number of aromatic nitrogens is 2. The lowest BCUT2D eigenvalue weighted by Crippen LogP contribution is -2.29. The second kappa shape index (κ2) is 6.76. The molecule has 0 saturated heterocycles. The molecule has 108 valence electrons. The van der Waals surface area contributed by atoms with Crippen molar-refractivity contribution in [1.29, 1.82) is 0 Å². The van der Waals surface area contributed by atoms with Gasteiger partial charge in [0.05, 0.1) is 23.0 Å². The van der Waals surface area contributed by atoms with Crippen molar-refractivity contribution < 1.29 is 0 Å². The molecule has 3 nitrogen and oxygen atoms in total. The van der Waals surface area contributed by atoms with E-state index in [1.165, 1.54) is 25.0 Å². The van der Waals surface area contributed by atoms with Gasteiger partial charge in [-0.05, 0) is 37.6 Å². The van der Waals surface area contributed by atoms with E-state index in [4.69, 9.17) is 11.6 Å². The quantitative estimate of drug-likeness (QED) is 0.854. The van der Waals surface area contributed by atoms with Crippen LogP contribution in [0.2, 0.25) is 5.02 Å². The molecule has 0 bridgehead atoms. The number of rotatable bonds is 6. The summed E-state index contributed by atoms with van der Waals surface area (Å²) >= 11 is 6.40. The van der Waals surface area contributed by atoms with E-state index >= 15 is 0 Å². The lowest BCUT2D eigenvalue weighted by Gasteiger charge is -2.26. The molecule has 3 unspecified atom stereocenters. The van der Waals surface area contributed by atoms with E-state index in [0.29, 0.717) is 12.0 Å². The molecular weight excluding hydrogens is 258 g/mol. The Morgan fingerprint density at radius 2 is 2.26 bits per heavy atom. The first kappa shape index (κ1) is 14.9. The smallest absolute Gasteiger partial charge is 0.0834 e. The molecule has 1 aromatic rings. The van der Waals surface area contributed by atoms with Gasteiger partial charge in [-0.1, -0.05) is 38.8 Å². The third-order valence-corrected chi connectivity index (χ3v) is 4.49. The Kier molecular flexibility index (Phi) is 5.28. The normalized spacial score (nSPS) is 24.8. The predicted octanol–water partition coefficient (Wildman–Crippen LogP) is 4.03. The van der Waals surface area contributed by atoms with Gasteiger partial charge in [0.15, 0.2) is 0 Å². The highest BCUT2D eigenvalue weighted by molar-refractivity contribution is 6.31. The minimum Gasteiger partial charge on any atom is -0.309 e. The van der Waals surface area contributed by atoms with Gasteiger partial charge in [-0.2, -0.15) is 5.10 Å². The standard InChI is InChI=1S/C15H26ClN3/c1-4-8-19-15(13(16)10-18-19)14(17-5-2)12-7-6-11(3)9-12/h10-12,14,17H,4-9H2,1-3H3. The zero-order valence-electron chi connectivity index (χ0n) is 12.3. The van der Waals surface area contributed by atoms with Crippen molar-refractivity contribution in [2.24, 2.45) is 11.8 Å². The maximum atomic E-state index is 6.40. The Morgan fingerprint density at radius 1 is 1.47 bits per heavy atom. The van der Waals surface area contributed by atoms with Crippen LogP contribution in [0, 0.1) is 11.8 Å². The number of nitrogens with zero attached hydrogens (tertiary/aromatic N) is 2. The molecule has 1 saturated carbocycles. The number of hydrogen-bond acceptors (Lipinski definition) is 2. The van der Waals surface area contributed by atoms with Crippen LogP contribution in [0.15, 0.2) is 6.20 Å². The zero-order chi connectivity index (χ0) is 13.8. The molecule has 0 radical (unpaired) electrons. The summed E-state index contributed by atoms with van der Waals surface area (Å²) in [7, 11) is 0. The summed E-state index contributed by atoms with van der Waals surface area (Å²) in [6, 6.07) is 0.358. The van der Waals surface area contributed by atoms with Gasteiger partial charge in [0.1, 0.15) is 0 Å². The Hall–Kier alpha value is -0.540. The van der Waals surface area contributed by atoms with Crippen molar-refractivity contribution in [3.63, 3.8) is 0 Å². The second-order valence-corrected chi connectivity index (χ2v) is 6.22. The molecule has 0 amide bonds. The SMILES string of the molecule is CCCn1ncc(Cl)c1C(NCC)C1CCC(C)C1. The molecule has 1 heterocycles.